The van der Waals surface area contributed by atoms with E-state index in [-0.39, 0.29) is 0 Å². The standard InChI is InChI=1S/2C18H14.C16H14/c1-11-3-5-13-8-10-16-12(2)4-6-14-7-9-15(11)17(13)18(14)16;1-11-10-12(2)16-9-7-14-5-3-4-13-6-8-15(11)18(16)17(13)14;1-11-7-8-15-13(9-11)10-12(2)14-5-3-4-6-16(14)15/h2*3-10H,1-2H3;3-10H,1-2H3. The molecule has 0 atom stereocenters. The Labute approximate surface area is 305 Å². The van der Waals surface area contributed by atoms with Crippen LogP contribution in [0.2, 0.25) is 0 Å². The van der Waals surface area contributed by atoms with E-state index in [9.17, 15) is 0 Å². The molecule has 0 heterocycles. The highest BCUT2D eigenvalue weighted by atomic mass is 14.2. The molecular weight excluding hydrogens is 625 g/mol. The Bertz CT molecular complexity index is 2980. The van der Waals surface area contributed by atoms with E-state index in [4.69, 9.17) is 0 Å². The SMILES string of the molecule is Cc1cc(C)c2ccc3cccc4ccc1c2c43.Cc1ccc2c(c1)cc(C)c1ccccc12.Cc1ccc2ccc3c(C)ccc4ccc1c2c43. The van der Waals surface area contributed by atoms with Crippen LogP contribution in [0, 0.1) is 41.5 Å². The molecule has 52 heavy (non-hydrogen) atoms. The van der Waals surface area contributed by atoms with Crippen LogP contribution in [-0.4, -0.2) is 0 Å². The molecule has 11 aromatic carbocycles. The van der Waals surface area contributed by atoms with Gasteiger partial charge in [-0.05, 0) is 156 Å². The summed E-state index contributed by atoms with van der Waals surface area (Å²) in [4.78, 5) is 0. The summed E-state index contributed by atoms with van der Waals surface area (Å²) in [5.41, 5.74) is 8.14. The van der Waals surface area contributed by atoms with Crippen molar-refractivity contribution in [2.24, 2.45) is 0 Å². The van der Waals surface area contributed by atoms with Gasteiger partial charge in [0.1, 0.15) is 0 Å². The first-order chi connectivity index (χ1) is 25.3. The zero-order chi connectivity index (χ0) is 35.7. The van der Waals surface area contributed by atoms with Crippen LogP contribution in [0.4, 0.5) is 0 Å². The lowest BCUT2D eigenvalue weighted by molar-refractivity contribution is 1.46. The van der Waals surface area contributed by atoms with Gasteiger partial charge in [-0.15, -0.1) is 0 Å². The van der Waals surface area contributed by atoms with Crippen molar-refractivity contribution < 1.29 is 0 Å². The maximum atomic E-state index is 2.29. The molecule has 0 radical (unpaired) electrons. The number of hydrogen-bond acceptors (Lipinski definition) is 0. The molecule has 11 aromatic rings. The molecule has 0 unspecified atom stereocenters. The van der Waals surface area contributed by atoms with Crippen LogP contribution in [0.3, 0.4) is 0 Å². The summed E-state index contributed by atoms with van der Waals surface area (Å²) in [6.07, 6.45) is 0. The molecular formula is C52H42. The molecule has 0 aliphatic rings. The van der Waals surface area contributed by atoms with E-state index >= 15 is 0 Å². The van der Waals surface area contributed by atoms with Crippen molar-refractivity contribution in [2.75, 3.05) is 0 Å². The quantitative estimate of drug-likeness (QED) is 0.141. The Morgan fingerprint density at radius 1 is 0.231 bits per heavy atom. The fourth-order valence-corrected chi connectivity index (χ4v) is 8.73. The molecule has 0 spiro atoms. The maximum absolute atomic E-state index is 2.29. The van der Waals surface area contributed by atoms with Gasteiger partial charge in [0, 0.05) is 0 Å². The molecule has 0 N–H and O–H groups in total. The minimum absolute atomic E-state index is 1.32. The van der Waals surface area contributed by atoms with Crippen LogP contribution in [0.25, 0.3) is 86.2 Å². The minimum atomic E-state index is 1.32. The second kappa shape index (κ2) is 12.4. The summed E-state index contributed by atoms with van der Waals surface area (Å²) in [5, 5.41) is 22.0. The maximum Gasteiger partial charge on any atom is -0.00215 e. The molecule has 0 bridgehead atoms. The van der Waals surface area contributed by atoms with Crippen LogP contribution in [0.5, 0.6) is 0 Å². The van der Waals surface area contributed by atoms with E-state index in [1.807, 2.05) is 0 Å². The Kier molecular flexibility index (Phi) is 7.60. The van der Waals surface area contributed by atoms with Gasteiger partial charge in [-0.1, -0.05) is 151 Å². The molecule has 250 valence electrons. The predicted octanol–water partition coefficient (Wildman–Crippen LogP) is 15.0. The Morgan fingerprint density at radius 3 is 1.23 bits per heavy atom. The van der Waals surface area contributed by atoms with Crippen molar-refractivity contribution in [2.45, 2.75) is 41.5 Å². The van der Waals surface area contributed by atoms with Gasteiger partial charge in [0.15, 0.2) is 0 Å². The first-order valence-corrected chi connectivity index (χ1v) is 18.4. The van der Waals surface area contributed by atoms with Gasteiger partial charge in [0.05, 0.1) is 0 Å². The smallest absolute Gasteiger partial charge is 0.00215 e. The van der Waals surface area contributed by atoms with Gasteiger partial charge in [0.25, 0.3) is 0 Å². The van der Waals surface area contributed by atoms with Crippen molar-refractivity contribution in [3.63, 3.8) is 0 Å². The van der Waals surface area contributed by atoms with Crippen LogP contribution in [0.15, 0.2) is 146 Å². The zero-order valence-electron chi connectivity index (χ0n) is 30.9. The largest absolute Gasteiger partial charge is 0.0616 e. The number of benzene rings is 11. The molecule has 0 saturated carbocycles. The lowest BCUT2D eigenvalue weighted by atomic mass is 9.90. The summed E-state index contributed by atoms with van der Waals surface area (Å²) in [6.45, 7) is 13.1. The average Bonchev–Trinajstić information content (AvgIpc) is 3.16. The van der Waals surface area contributed by atoms with E-state index in [2.05, 4.69) is 187 Å². The third kappa shape index (κ3) is 5.13. The Balaban J connectivity index is 0.000000104. The van der Waals surface area contributed by atoms with Crippen LogP contribution in [-0.2, 0) is 0 Å². The number of hydrogen-bond donors (Lipinski definition) is 0. The molecule has 0 nitrogen and oxygen atoms in total. The number of rotatable bonds is 0. The topological polar surface area (TPSA) is 0 Å². The van der Waals surface area contributed by atoms with Crippen LogP contribution >= 0.6 is 0 Å². The van der Waals surface area contributed by atoms with Gasteiger partial charge in [0.2, 0.25) is 0 Å². The average molecular weight is 667 g/mol. The van der Waals surface area contributed by atoms with E-state index < -0.39 is 0 Å². The molecule has 0 heteroatoms. The van der Waals surface area contributed by atoms with E-state index in [1.54, 1.807) is 0 Å². The van der Waals surface area contributed by atoms with Gasteiger partial charge in [-0.3, -0.25) is 0 Å². The predicted molar refractivity (Wildman–Crippen MR) is 230 cm³/mol. The second-order valence-electron chi connectivity index (χ2n) is 14.8. The van der Waals surface area contributed by atoms with E-state index in [0.717, 1.165) is 0 Å². The molecule has 0 aliphatic heterocycles. The van der Waals surface area contributed by atoms with Gasteiger partial charge < -0.3 is 0 Å². The molecule has 0 fully saturated rings. The highest BCUT2D eigenvalue weighted by Crippen LogP contribution is 2.38. The third-order valence-electron chi connectivity index (χ3n) is 11.4. The summed E-state index contributed by atoms with van der Waals surface area (Å²) in [7, 11) is 0. The summed E-state index contributed by atoms with van der Waals surface area (Å²) in [6, 6.07) is 53.4. The van der Waals surface area contributed by atoms with Crippen molar-refractivity contribution in [1.29, 1.82) is 0 Å². The van der Waals surface area contributed by atoms with Crippen LogP contribution < -0.4 is 0 Å². The molecule has 0 saturated heterocycles. The second-order valence-corrected chi connectivity index (χ2v) is 14.8. The Morgan fingerprint density at radius 2 is 0.673 bits per heavy atom. The first kappa shape index (κ1) is 32.0. The van der Waals surface area contributed by atoms with E-state index in [1.165, 1.54) is 120 Å². The van der Waals surface area contributed by atoms with Crippen molar-refractivity contribution in [3.05, 3.63) is 179 Å². The zero-order valence-corrected chi connectivity index (χ0v) is 30.9. The highest BCUT2D eigenvalue weighted by Gasteiger charge is 2.12. The van der Waals surface area contributed by atoms with Crippen molar-refractivity contribution in [3.8, 4) is 0 Å². The number of fused-ring (bicyclic) bond motifs is 3. The lowest BCUT2D eigenvalue weighted by Gasteiger charge is -2.14. The lowest BCUT2D eigenvalue weighted by Crippen LogP contribution is -1.88. The van der Waals surface area contributed by atoms with Crippen molar-refractivity contribution >= 4 is 86.2 Å². The number of aryl methyl sites for hydroxylation is 6. The molecule has 0 aliphatic carbocycles. The molecule has 0 aromatic heterocycles. The molecule has 0 amide bonds. The van der Waals surface area contributed by atoms with Gasteiger partial charge in [-0.25, -0.2) is 0 Å². The third-order valence-corrected chi connectivity index (χ3v) is 11.4. The normalized spacial score (nSPS) is 11.7. The summed E-state index contributed by atoms with van der Waals surface area (Å²) in [5.74, 6) is 0. The Hall–Kier alpha value is -5.98. The fraction of sp³-hybridized carbons (Fsp3) is 0.115. The summed E-state index contributed by atoms with van der Waals surface area (Å²) >= 11 is 0. The summed E-state index contributed by atoms with van der Waals surface area (Å²) < 4.78 is 0. The van der Waals surface area contributed by atoms with Crippen LogP contribution in [0.1, 0.15) is 33.4 Å². The van der Waals surface area contributed by atoms with Gasteiger partial charge in [-0.2, -0.15) is 0 Å². The van der Waals surface area contributed by atoms with Crippen molar-refractivity contribution in [1.82, 2.24) is 0 Å². The van der Waals surface area contributed by atoms with Gasteiger partial charge >= 0.3 is 0 Å². The minimum Gasteiger partial charge on any atom is -0.0616 e. The fourth-order valence-electron chi connectivity index (χ4n) is 8.73. The van der Waals surface area contributed by atoms with E-state index in [0.29, 0.717) is 0 Å². The molecule has 11 rings (SSSR count). The highest BCUT2D eigenvalue weighted by molar-refractivity contribution is 6.25. The first-order valence-electron chi connectivity index (χ1n) is 18.4. The monoisotopic (exact) mass is 666 g/mol.